The number of nitrogens with zero attached hydrogens (tertiary/aromatic N) is 10. The van der Waals surface area contributed by atoms with E-state index in [9.17, 15) is 8.78 Å². The molecule has 0 amide bonds. The number of pyridine rings is 3. The van der Waals surface area contributed by atoms with E-state index in [1.807, 2.05) is 70.4 Å². The Bertz CT molecular complexity index is 3100. The van der Waals surface area contributed by atoms with Crippen LogP contribution in [0.5, 0.6) is 0 Å². The molecule has 0 radical (unpaired) electrons. The molecule has 0 bridgehead atoms. The van der Waals surface area contributed by atoms with E-state index >= 15 is 0 Å². The van der Waals surface area contributed by atoms with Crippen molar-refractivity contribution in [2.75, 3.05) is 26.2 Å². The number of aryl methyl sites for hydroxylation is 3. The maximum atomic E-state index is 13.0. The summed E-state index contributed by atoms with van der Waals surface area (Å²) in [6.07, 6.45) is 25.2. The highest BCUT2D eigenvalue weighted by atomic mass is 19.1. The molecular weight excluding hydrogens is 1160 g/mol. The monoisotopic (exact) mass is 1300 g/mol. The average Bonchev–Trinajstić information content (AvgIpc) is 1.16. The first kappa shape index (κ1) is 84.2. The quantitative estimate of drug-likeness (QED) is 0.162. The Morgan fingerprint density at radius 3 is 1.27 bits per heavy atom. The van der Waals surface area contributed by atoms with Gasteiger partial charge in [-0.15, -0.1) is 0 Å². The van der Waals surface area contributed by atoms with Crippen molar-refractivity contribution in [2.24, 2.45) is 11.3 Å². The Morgan fingerprint density at radius 1 is 0.457 bits per heavy atom. The summed E-state index contributed by atoms with van der Waals surface area (Å²) in [5.41, 5.74) is 7.53. The van der Waals surface area contributed by atoms with Gasteiger partial charge < -0.3 is 18.6 Å². The molecule has 12 heteroatoms. The Kier molecular flexibility index (Phi) is 31.7. The Balaban J connectivity index is 0.000000361. The van der Waals surface area contributed by atoms with E-state index in [0.717, 1.165) is 29.2 Å². The third-order valence-corrected chi connectivity index (χ3v) is 16.4. The first-order chi connectivity index (χ1) is 42.7. The van der Waals surface area contributed by atoms with Crippen molar-refractivity contribution >= 4 is 0 Å². The standard InChI is InChI=1S/C12H23N.C10H15N.C9H12FN.2C9H15N.C9H13N.C8H16FN.C8H12N2.C8H13N/c1-12(2,3)10-6-8-13(9-7-10)11-4-5-11;1-8-7-9(5-6-11-8)10(2,3)4;1-9(2,3)8-7(10)5-4-6-11-8;1-8-5-6-10(7-8)9(2,3)4;1-8-6-5-7-10(8)9(2,3)4;1-9(2,3)8-6-4-5-7-10-8;1-7(2,3)10-5-8(4,9)6-10;1-8(2,3)7-9-5-4-6-10-7;1-8(2,3)9-6-4-5-7-9/h10-11H,4-9H2,1-3H3;5-7H,1-4H3;4-6H,1-3H3;2*5-7H,1-4H3;4-7H,1-3H3;5-6H2,1-4H3;4-6H,1-3H3;4-7H,1-3H3. The molecule has 9 heterocycles. The van der Waals surface area contributed by atoms with Crippen molar-refractivity contribution in [2.45, 2.75) is 296 Å². The molecule has 7 aromatic heterocycles. The van der Waals surface area contributed by atoms with Gasteiger partial charge in [-0.25, -0.2) is 18.7 Å². The predicted octanol–water partition coefficient (Wildman–Crippen LogP) is 21.4. The molecule has 0 aromatic carbocycles. The van der Waals surface area contributed by atoms with Crippen LogP contribution in [0.15, 0.2) is 141 Å². The summed E-state index contributed by atoms with van der Waals surface area (Å²) in [7, 11) is 0. The van der Waals surface area contributed by atoms with Crippen LogP contribution in [0.3, 0.4) is 0 Å². The minimum Gasteiger partial charge on any atom is -0.349 e. The maximum absolute atomic E-state index is 13.0. The number of piperidine rings is 1. The molecule has 1 aliphatic carbocycles. The number of alkyl halides is 1. The van der Waals surface area contributed by atoms with Crippen LogP contribution >= 0.6 is 0 Å². The number of likely N-dealkylation sites (tertiary alicyclic amines) is 2. The SMILES string of the molecule is CC(C)(C)C1CCN(C2CC2)CC1.CC(C)(C)c1ccccn1.CC(C)(C)c1ncccc1F.CC(C)(C)c1ncccn1.CC(C)(C)n1cccc1.CC1(F)CN(C(C)(C)C)C1.Cc1cc(C(C)(C)C)ccn1.Cc1cccn1C(C)(C)C.Cc1ccn(C(C)(C)C)c1. The van der Waals surface area contributed by atoms with Gasteiger partial charge in [0.25, 0.3) is 0 Å². The topological polar surface area (TPSA) is 85.7 Å². The largest absolute Gasteiger partial charge is 0.349 e. The van der Waals surface area contributed by atoms with Gasteiger partial charge in [-0.1, -0.05) is 110 Å². The minimum atomic E-state index is -0.923. The maximum Gasteiger partial charge on any atom is 0.145 e. The summed E-state index contributed by atoms with van der Waals surface area (Å²) >= 11 is 0. The highest BCUT2D eigenvalue weighted by Gasteiger charge is 2.43. The van der Waals surface area contributed by atoms with E-state index in [1.165, 1.54) is 61.7 Å². The molecule has 0 N–H and O–H groups in total. The fourth-order valence-corrected chi connectivity index (χ4v) is 10.2. The highest BCUT2D eigenvalue weighted by Crippen LogP contribution is 2.38. The third kappa shape index (κ3) is 32.7. The number of hydrogen-bond acceptors (Lipinski definition) is 7. The molecule has 2 aliphatic heterocycles. The second kappa shape index (κ2) is 35.4. The zero-order valence-electron chi connectivity index (χ0n) is 65.3. The van der Waals surface area contributed by atoms with Crippen molar-refractivity contribution in [3.8, 4) is 0 Å². The molecule has 1 saturated carbocycles. The van der Waals surface area contributed by atoms with E-state index in [-0.39, 0.29) is 49.6 Å². The van der Waals surface area contributed by atoms with Crippen LogP contribution in [0.2, 0.25) is 0 Å². The van der Waals surface area contributed by atoms with E-state index in [0.29, 0.717) is 24.2 Å². The first-order valence-electron chi connectivity index (χ1n) is 34.6. The van der Waals surface area contributed by atoms with Crippen molar-refractivity contribution in [1.82, 2.24) is 48.4 Å². The zero-order chi connectivity index (χ0) is 72.1. The Labute approximate surface area is 574 Å². The van der Waals surface area contributed by atoms with E-state index in [1.54, 1.807) is 31.6 Å². The van der Waals surface area contributed by atoms with Gasteiger partial charge in [0.1, 0.15) is 17.3 Å². The van der Waals surface area contributed by atoms with Gasteiger partial charge in [0.2, 0.25) is 0 Å². The lowest BCUT2D eigenvalue weighted by molar-refractivity contribution is -0.0681. The molecule has 7 aromatic rings. The summed E-state index contributed by atoms with van der Waals surface area (Å²) in [5.74, 6) is 1.64. The van der Waals surface area contributed by atoms with Crippen LogP contribution in [0.25, 0.3) is 0 Å². The van der Waals surface area contributed by atoms with Crippen LogP contribution in [0, 0.1) is 37.9 Å². The number of rotatable bonds is 1. The van der Waals surface area contributed by atoms with Gasteiger partial charge in [-0.2, -0.15) is 0 Å². The molecule has 526 valence electrons. The third-order valence-electron chi connectivity index (χ3n) is 16.4. The molecule has 2 saturated heterocycles. The lowest BCUT2D eigenvalue weighted by atomic mass is 9.75. The second-order valence-corrected chi connectivity index (χ2v) is 35.4. The summed E-state index contributed by atoms with van der Waals surface area (Å²) in [6, 6.07) is 26.5. The molecule has 0 unspecified atom stereocenters. The molecule has 3 aliphatic rings. The van der Waals surface area contributed by atoms with Crippen molar-refractivity contribution in [3.05, 3.63) is 186 Å². The van der Waals surface area contributed by atoms with E-state index < -0.39 is 5.67 Å². The zero-order valence-corrected chi connectivity index (χ0v) is 65.3. The Hall–Kier alpha value is -5.85. The minimum absolute atomic E-state index is 0.0707. The highest BCUT2D eigenvalue weighted by molar-refractivity contribution is 5.23. The summed E-state index contributed by atoms with van der Waals surface area (Å²) in [4.78, 5) is 25.5. The van der Waals surface area contributed by atoms with Gasteiger partial charge in [-0.3, -0.25) is 19.9 Å². The molecule has 0 atom stereocenters. The van der Waals surface area contributed by atoms with Crippen LogP contribution < -0.4 is 0 Å². The van der Waals surface area contributed by atoms with Gasteiger partial charge in [-0.05, 0) is 250 Å². The molecule has 94 heavy (non-hydrogen) atoms. The van der Waals surface area contributed by atoms with Crippen LogP contribution in [0.1, 0.15) is 259 Å². The van der Waals surface area contributed by atoms with Gasteiger partial charge in [0.05, 0.1) is 5.69 Å². The molecule has 10 nitrogen and oxygen atoms in total. The van der Waals surface area contributed by atoms with Gasteiger partial charge in [0, 0.05) is 137 Å². The molecule has 3 fully saturated rings. The average molecular weight is 1300 g/mol. The summed E-state index contributed by atoms with van der Waals surface area (Å²) < 4.78 is 32.6. The fraction of sp³-hybridized carbons (Fsp3) is 0.622. The Morgan fingerprint density at radius 2 is 0.989 bits per heavy atom. The second-order valence-electron chi connectivity index (χ2n) is 35.4. The first-order valence-corrected chi connectivity index (χ1v) is 34.6. The lowest BCUT2D eigenvalue weighted by Crippen LogP contribution is -2.63. The van der Waals surface area contributed by atoms with Gasteiger partial charge >= 0.3 is 0 Å². The summed E-state index contributed by atoms with van der Waals surface area (Å²) in [5, 5.41) is 0. The fourth-order valence-electron chi connectivity index (χ4n) is 10.2. The number of hydrogen-bond donors (Lipinski definition) is 0. The van der Waals surface area contributed by atoms with E-state index in [4.69, 9.17) is 0 Å². The van der Waals surface area contributed by atoms with Gasteiger partial charge in [0.15, 0.2) is 0 Å². The smallest absolute Gasteiger partial charge is 0.145 e. The van der Waals surface area contributed by atoms with Crippen LogP contribution in [-0.2, 0) is 38.3 Å². The van der Waals surface area contributed by atoms with Crippen molar-refractivity contribution in [1.29, 1.82) is 0 Å². The van der Waals surface area contributed by atoms with Crippen molar-refractivity contribution in [3.63, 3.8) is 0 Å². The lowest BCUT2D eigenvalue weighted by Gasteiger charge is -2.49. The predicted molar refractivity (Wildman–Crippen MR) is 400 cm³/mol. The number of halogens is 2. The van der Waals surface area contributed by atoms with Crippen LogP contribution in [-0.4, -0.2) is 91.8 Å². The van der Waals surface area contributed by atoms with Crippen LogP contribution in [0.4, 0.5) is 8.78 Å². The normalized spacial score (nSPS) is 15.5. The van der Waals surface area contributed by atoms with Crippen molar-refractivity contribution < 1.29 is 8.78 Å². The summed E-state index contributed by atoms with van der Waals surface area (Å²) in [6.45, 7) is 70.4. The molecule has 0 spiro atoms. The number of aromatic nitrogens is 8. The van der Waals surface area contributed by atoms with E-state index in [2.05, 4.69) is 296 Å². The molecular formula is C82H134F2N10. The molecule has 10 rings (SSSR count).